The van der Waals surface area contributed by atoms with Gasteiger partial charge in [-0.25, -0.2) is 0 Å². The van der Waals surface area contributed by atoms with Gasteiger partial charge in [0.1, 0.15) is 11.5 Å². The zero-order valence-corrected chi connectivity index (χ0v) is 11.3. The number of pyridine rings is 1. The maximum absolute atomic E-state index is 5.88. The van der Waals surface area contributed by atoms with Gasteiger partial charge in [0.25, 0.3) is 0 Å². The molecule has 0 saturated carbocycles. The van der Waals surface area contributed by atoms with Crippen molar-refractivity contribution < 1.29 is 4.74 Å². The van der Waals surface area contributed by atoms with Crippen molar-refractivity contribution in [2.45, 2.75) is 13.0 Å². The summed E-state index contributed by atoms with van der Waals surface area (Å²) in [7, 11) is 0. The number of nitrogens with two attached hydrogens (primary N) is 1. The highest BCUT2D eigenvalue weighted by atomic mass is 16.5. The lowest BCUT2D eigenvalue weighted by Crippen LogP contribution is -2.04. The lowest BCUT2D eigenvalue weighted by Gasteiger charge is -2.10. The Hall–Kier alpha value is -2.39. The van der Waals surface area contributed by atoms with E-state index in [1.165, 1.54) is 0 Å². The van der Waals surface area contributed by atoms with Crippen molar-refractivity contribution in [3.05, 3.63) is 66.4 Å². The smallest absolute Gasteiger partial charge is 0.146 e. The molecule has 0 fully saturated rings. The molecule has 0 bridgehead atoms. The fourth-order valence-corrected chi connectivity index (χ4v) is 2.10. The summed E-state index contributed by atoms with van der Waals surface area (Å²) in [6, 6.07) is 17.8. The fraction of sp³-hybridized carbons (Fsp3) is 0.118. The Morgan fingerprint density at radius 2 is 1.85 bits per heavy atom. The van der Waals surface area contributed by atoms with E-state index in [2.05, 4.69) is 4.98 Å². The van der Waals surface area contributed by atoms with Crippen LogP contribution in [-0.4, -0.2) is 4.98 Å². The number of ether oxygens (including phenoxy) is 1. The van der Waals surface area contributed by atoms with Crippen LogP contribution >= 0.6 is 0 Å². The van der Waals surface area contributed by atoms with Crippen molar-refractivity contribution in [1.29, 1.82) is 0 Å². The van der Waals surface area contributed by atoms with Gasteiger partial charge in [-0.1, -0.05) is 30.3 Å². The second-order valence-electron chi connectivity index (χ2n) is 4.83. The Kier molecular flexibility index (Phi) is 3.35. The first-order valence-corrected chi connectivity index (χ1v) is 6.60. The van der Waals surface area contributed by atoms with Gasteiger partial charge in [0, 0.05) is 11.4 Å². The molecule has 2 aromatic carbocycles. The van der Waals surface area contributed by atoms with Crippen LogP contribution in [0.1, 0.15) is 18.5 Å². The van der Waals surface area contributed by atoms with Gasteiger partial charge < -0.3 is 10.5 Å². The standard InChI is InChI=1S/C17H16N2O/c1-12(18)13-6-4-7-15(9-13)20-16-10-14-5-2-3-8-17(14)19-11-16/h2-12H,18H2,1H3. The molecule has 2 N–H and O–H groups in total. The number of nitrogens with zero attached hydrogens (tertiary/aromatic N) is 1. The zero-order valence-electron chi connectivity index (χ0n) is 11.3. The van der Waals surface area contributed by atoms with E-state index in [1.807, 2.05) is 61.5 Å². The van der Waals surface area contributed by atoms with E-state index < -0.39 is 0 Å². The summed E-state index contributed by atoms with van der Waals surface area (Å²) >= 11 is 0. The Morgan fingerprint density at radius 3 is 2.70 bits per heavy atom. The van der Waals surface area contributed by atoms with Gasteiger partial charge in [-0.3, -0.25) is 4.98 Å². The van der Waals surface area contributed by atoms with Crippen LogP contribution in [-0.2, 0) is 0 Å². The van der Waals surface area contributed by atoms with E-state index >= 15 is 0 Å². The minimum Gasteiger partial charge on any atom is -0.456 e. The molecular formula is C17H16N2O. The zero-order chi connectivity index (χ0) is 13.9. The summed E-state index contributed by atoms with van der Waals surface area (Å²) in [5.41, 5.74) is 7.90. The maximum Gasteiger partial charge on any atom is 0.146 e. The molecule has 20 heavy (non-hydrogen) atoms. The van der Waals surface area contributed by atoms with E-state index in [1.54, 1.807) is 6.20 Å². The fourth-order valence-electron chi connectivity index (χ4n) is 2.10. The number of benzene rings is 2. The molecule has 1 unspecified atom stereocenters. The van der Waals surface area contributed by atoms with Crippen LogP contribution in [0.4, 0.5) is 0 Å². The number of aromatic nitrogens is 1. The van der Waals surface area contributed by atoms with Crippen molar-refractivity contribution in [3.8, 4) is 11.5 Å². The van der Waals surface area contributed by atoms with Crippen molar-refractivity contribution >= 4 is 10.9 Å². The van der Waals surface area contributed by atoms with E-state index in [0.29, 0.717) is 0 Å². The predicted molar refractivity (Wildman–Crippen MR) is 80.9 cm³/mol. The molecule has 0 saturated heterocycles. The number of hydrogen-bond acceptors (Lipinski definition) is 3. The first-order chi connectivity index (χ1) is 9.72. The molecule has 1 atom stereocenters. The number of fused-ring (bicyclic) bond motifs is 1. The third-order valence-corrected chi connectivity index (χ3v) is 3.18. The lowest BCUT2D eigenvalue weighted by molar-refractivity contribution is 0.480. The van der Waals surface area contributed by atoms with E-state index in [4.69, 9.17) is 10.5 Å². The summed E-state index contributed by atoms with van der Waals surface area (Å²) in [4.78, 5) is 4.39. The van der Waals surface area contributed by atoms with Crippen molar-refractivity contribution in [2.75, 3.05) is 0 Å². The number of rotatable bonds is 3. The quantitative estimate of drug-likeness (QED) is 0.776. The third-order valence-electron chi connectivity index (χ3n) is 3.18. The molecule has 0 aliphatic carbocycles. The second kappa shape index (κ2) is 5.31. The number of para-hydroxylation sites is 1. The van der Waals surface area contributed by atoms with E-state index in [-0.39, 0.29) is 6.04 Å². The van der Waals surface area contributed by atoms with Gasteiger partial charge in [-0.2, -0.15) is 0 Å². The SMILES string of the molecule is CC(N)c1cccc(Oc2cnc3ccccc3c2)c1. The van der Waals surface area contributed by atoms with Crippen molar-refractivity contribution in [1.82, 2.24) is 4.98 Å². The molecule has 1 aromatic heterocycles. The Labute approximate surface area is 118 Å². The van der Waals surface area contributed by atoms with Crippen LogP contribution in [0.3, 0.4) is 0 Å². The molecule has 3 nitrogen and oxygen atoms in total. The second-order valence-corrected chi connectivity index (χ2v) is 4.83. The molecular weight excluding hydrogens is 248 g/mol. The first-order valence-electron chi connectivity index (χ1n) is 6.60. The van der Waals surface area contributed by atoms with Crippen LogP contribution < -0.4 is 10.5 Å². The van der Waals surface area contributed by atoms with Crippen LogP contribution in [0.5, 0.6) is 11.5 Å². The minimum atomic E-state index is -0.00622. The van der Waals surface area contributed by atoms with Gasteiger partial charge >= 0.3 is 0 Å². The van der Waals surface area contributed by atoms with Crippen LogP contribution in [0.15, 0.2) is 60.8 Å². The highest BCUT2D eigenvalue weighted by Gasteiger charge is 2.03. The lowest BCUT2D eigenvalue weighted by atomic mass is 10.1. The highest BCUT2D eigenvalue weighted by molar-refractivity contribution is 5.79. The van der Waals surface area contributed by atoms with Gasteiger partial charge in [-0.15, -0.1) is 0 Å². The van der Waals surface area contributed by atoms with E-state index in [0.717, 1.165) is 28.0 Å². The molecule has 0 amide bonds. The Morgan fingerprint density at radius 1 is 1.00 bits per heavy atom. The monoisotopic (exact) mass is 264 g/mol. The van der Waals surface area contributed by atoms with Gasteiger partial charge in [-0.05, 0) is 36.8 Å². The predicted octanol–water partition coefficient (Wildman–Crippen LogP) is 4.05. The molecule has 0 radical (unpaired) electrons. The normalized spacial score (nSPS) is 12.3. The highest BCUT2D eigenvalue weighted by Crippen LogP contribution is 2.25. The molecule has 1 heterocycles. The molecule has 3 aromatic rings. The maximum atomic E-state index is 5.88. The molecule has 0 aliphatic heterocycles. The average molecular weight is 264 g/mol. The van der Waals surface area contributed by atoms with E-state index in [9.17, 15) is 0 Å². The summed E-state index contributed by atoms with van der Waals surface area (Å²) < 4.78 is 5.86. The molecule has 0 aliphatic rings. The first kappa shape index (κ1) is 12.6. The molecule has 3 rings (SSSR count). The largest absolute Gasteiger partial charge is 0.456 e. The summed E-state index contributed by atoms with van der Waals surface area (Å²) in [5.74, 6) is 1.50. The summed E-state index contributed by atoms with van der Waals surface area (Å²) in [6.07, 6.45) is 1.74. The Balaban J connectivity index is 1.90. The van der Waals surface area contributed by atoms with Gasteiger partial charge in [0.15, 0.2) is 0 Å². The molecule has 3 heteroatoms. The average Bonchev–Trinajstić information content (AvgIpc) is 2.47. The summed E-state index contributed by atoms with van der Waals surface area (Å²) in [5, 5.41) is 1.06. The topological polar surface area (TPSA) is 48.1 Å². The van der Waals surface area contributed by atoms with Crippen molar-refractivity contribution in [3.63, 3.8) is 0 Å². The van der Waals surface area contributed by atoms with Crippen LogP contribution in [0, 0.1) is 0 Å². The Bertz CT molecular complexity index is 738. The molecule has 0 spiro atoms. The van der Waals surface area contributed by atoms with Gasteiger partial charge in [0.2, 0.25) is 0 Å². The van der Waals surface area contributed by atoms with Crippen molar-refractivity contribution in [2.24, 2.45) is 5.73 Å². The third kappa shape index (κ3) is 2.63. The minimum absolute atomic E-state index is 0.00622. The van der Waals surface area contributed by atoms with Gasteiger partial charge in [0.05, 0.1) is 11.7 Å². The number of hydrogen-bond donors (Lipinski definition) is 1. The van der Waals surface area contributed by atoms with Crippen LogP contribution in [0.25, 0.3) is 10.9 Å². The van der Waals surface area contributed by atoms with Crippen LogP contribution in [0.2, 0.25) is 0 Å². The molecule has 100 valence electrons. The summed E-state index contributed by atoms with van der Waals surface area (Å²) in [6.45, 7) is 1.96.